The Labute approximate surface area is 172 Å². The van der Waals surface area contributed by atoms with E-state index in [0.717, 1.165) is 56.3 Å². The van der Waals surface area contributed by atoms with Crippen LogP contribution in [0, 0.1) is 6.92 Å². The fourth-order valence-corrected chi connectivity index (χ4v) is 4.02. The van der Waals surface area contributed by atoms with Crippen molar-refractivity contribution in [2.75, 3.05) is 44.8 Å². The lowest BCUT2D eigenvalue weighted by Crippen LogP contribution is -2.48. The maximum absolute atomic E-state index is 6.23. The summed E-state index contributed by atoms with van der Waals surface area (Å²) in [6.07, 6.45) is 3.40. The Balaban J connectivity index is 1.71. The molecule has 0 radical (unpaired) electrons. The standard InChI is InChI=1S/C20H31ClN6O/c1-4-5-6-18(20-22-23-24-27(20)13-14-28-3)25-9-11-26(12-10-25)19-15-17(21)8-7-16(19)2/h7-8,15,18H,4-6,9-14H2,1-3H3. The van der Waals surface area contributed by atoms with Crippen molar-refractivity contribution in [2.24, 2.45) is 0 Å². The van der Waals surface area contributed by atoms with Gasteiger partial charge >= 0.3 is 0 Å². The average Bonchev–Trinajstić information content (AvgIpc) is 3.17. The molecule has 1 aromatic carbocycles. The normalized spacial score (nSPS) is 16.5. The molecule has 1 aromatic heterocycles. The molecule has 1 aliphatic heterocycles. The molecular formula is C20H31ClN6O. The lowest BCUT2D eigenvalue weighted by Gasteiger charge is -2.40. The molecule has 3 rings (SSSR count). The number of ether oxygens (including phenoxy) is 1. The maximum Gasteiger partial charge on any atom is 0.168 e. The van der Waals surface area contributed by atoms with Crippen molar-refractivity contribution in [3.05, 3.63) is 34.6 Å². The van der Waals surface area contributed by atoms with Crippen LogP contribution in [0.5, 0.6) is 0 Å². The van der Waals surface area contributed by atoms with E-state index in [1.165, 1.54) is 11.3 Å². The van der Waals surface area contributed by atoms with Gasteiger partial charge in [0.05, 0.1) is 19.2 Å². The average molecular weight is 407 g/mol. The minimum atomic E-state index is 0.245. The molecule has 0 aliphatic carbocycles. The Morgan fingerprint density at radius 1 is 1.21 bits per heavy atom. The zero-order valence-electron chi connectivity index (χ0n) is 17.1. The Hall–Kier alpha value is -1.70. The highest BCUT2D eigenvalue weighted by Crippen LogP contribution is 2.29. The van der Waals surface area contributed by atoms with Gasteiger partial charge in [-0.3, -0.25) is 4.90 Å². The summed E-state index contributed by atoms with van der Waals surface area (Å²) in [5.74, 6) is 0.956. The highest BCUT2D eigenvalue weighted by Gasteiger charge is 2.29. The quantitative estimate of drug-likeness (QED) is 0.636. The van der Waals surface area contributed by atoms with Crippen molar-refractivity contribution in [2.45, 2.75) is 45.7 Å². The Morgan fingerprint density at radius 2 is 2.00 bits per heavy atom. The number of aryl methyl sites for hydroxylation is 1. The van der Waals surface area contributed by atoms with E-state index < -0.39 is 0 Å². The molecule has 2 aromatic rings. The third-order valence-corrected chi connectivity index (χ3v) is 5.70. The molecule has 0 spiro atoms. The van der Waals surface area contributed by atoms with E-state index in [9.17, 15) is 0 Å². The Bertz CT molecular complexity index is 744. The number of rotatable bonds is 9. The summed E-state index contributed by atoms with van der Waals surface area (Å²) in [6, 6.07) is 6.37. The molecule has 0 amide bonds. The van der Waals surface area contributed by atoms with Gasteiger partial charge in [0.1, 0.15) is 0 Å². The van der Waals surface area contributed by atoms with Gasteiger partial charge in [-0.25, -0.2) is 4.68 Å². The summed E-state index contributed by atoms with van der Waals surface area (Å²) in [6.45, 7) is 9.59. The molecule has 2 heterocycles. The highest BCUT2D eigenvalue weighted by atomic mass is 35.5. The van der Waals surface area contributed by atoms with E-state index in [4.69, 9.17) is 16.3 Å². The molecular weight excluding hydrogens is 376 g/mol. The minimum Gasteiger partial charge on any atom is -0.383 e. The van der Waals surface area contributed by atoms with Crippen molar-refractivity contribution in [3.8, 4) is 0 Å². The van der Waals surface area contributed by atoms with E-state index in [0.29, 0.717) is 13.2 Å². The van der Waals surface area contributed by atoms with Crippen LogP contribution in [-0.2, 0) is 11.3 Å². The van der Waals surface area contributed by atoms with Crippen LogP contribution < -0.4 is 4.90 Å². The summed E-state index contributed by atoms with van der Waals surface area (Å²) in [7, 11) is 1.70. The number of hydrogen-bond donors (Lipinski definition) is 0. The molecule has 0 bridgehead atoms. The first-order valence-corrected chi connectivity index (χ1v) is 10.5. The Morgan fingerprint density at radius 3 is 2.71 bits per heavy atom. The molecule has 7 nitrogen and oxygen atoms in total. The van der Waals surface area contributed by atoms with Crippen LogP contribution in [0.3, 0.4) is 0 Å². The highest BCUT2D eigenvalue weighted by molar-refractivity contribution is 6.30. The van der Waals surface area contributed by atoms with E-state index >= 15 is 0 Å². The molecule has 154 valence electrons. The van der Waals surface area contributed by atoms with Crippen LogP contribution in [-0.4, -0.2) is 65.0 Å². The van der Waals surface area contributed by atoms with Gasteiger partial charge in [-0.05, 0) is 41.5 Å². The third-order valence-electron chi connectivity index (χ3n) is 5.46. The summed E-state index contributed by atoms with van der Waals surface area (Å²) in [5, 5.41) is 13.3. The fourth-order valence-electron chi connectivity index (χ4n) is 3.86. The summed E-state index contributed by atoms with van der Waals surface area (Å²) >= 11 is 6.23. The van der Waals surface area contributed by atoms with Crippen LogP contribution in [0.25, 0.3) is 0 Å². The molecule has 1 saturated heterocycles. The SMILES string of the molecule is CCCCC(c1nnnn1CCOC)N1CCN(c2cc(Cl)ccc2C)CC1. The second kappa shape index (κ2) is 10.2. The second-order valence-electron chi connectivity index (χ2n) is 7.36. The fraction of sp³-hybridized carbons (Fsp3) is 0.650. The van der Waals surface area contributed by atoms with Gasteiger partial charge in [0.15, 0.2) is 5.82 Å². The predicted octanol–water partition coefficient (Wildman–Crippen LogP) is 3.33. The van der Waals surface area contributed by atoms with Crippen molar-refractivity contribution in [1.82, 2.24) is 25.1 Å². The smallest absolute Gasteiger partial charge is 0.168 e. The summed E-state index contributed by atoms with van der Waals surface area (Å²) in [4.78, 5) is 4.96. The number of hydrogen-bond acceptors (Lipinski definition) is 6. The van der Waals surface area contributed by atoms with E-state index in [1.54, 1.807) is 7.11 Å². The van der Waals surface area contributed by atoms with Gasteiger partial charge in [-0.2, -0.15) is 0 Å². The molecule has 1 atom stereocenters. The van der Waals surface area contributed by atoms with E-state index in [-0.39, 0.29) is 6.04 Å². The number of benzene rings is 1. The van der Waals surface area contributed by atoms with Crippen molar-refractivity contribution >= 4 is 17.3 Å². The monoisotopic (exact) mass is 406 g/mol. The lowest BCUT2D eigenvalue weighted by atomic mass is 10.1. The van der Waals surface area contributed by atoms with Crippen LogP contribution in [0.4, 0.5) is 5.69 Å². The van der Waals surface area contributed by atoms with Crippen LogP contribution >= 0.6 is 11.6 Å². The van der Waals surface area contributed by atoms with Gasteiger partial charge in [-0.15, -0.1) is 5.10 Å². The number of piperazine rings is 1. The van der Waals surface area contributed by atoms with Crippen LogP contribution in [0.15, 0.2) is 18.2 Å². The number of halogens is 1. The van der Waals surface area contributed by atoms with Crippen molar-refractivity contribution < 1.29 is 4.74 Å². The number of aromatic nitrogens is 4. The Kier molecular flexibility index (Phi) is 7.65. The number of nitrogens with zero attached hydrogens (tertiary/aromatic N) is 6. The van der Waals surface area contributed by atoms with Crippen molar-refractivity contribution in [1.29, 1.82) is 0 Å². The first-order valence-electron chi connectivity index (χ1n) is 10.1. The molecule has 0 saturated carbocycles. The first kappa shape index (κ1) is 21.0. The van der Waals surface area contributed by atoms with Gasteiger partial charge in [-0.1, -0.05) is 37.4 Å². The zero-order valence-corrected chi connectivity index (χ0v) is 17.9. The minimum absolute atomic E-state index is 0.245. The van der Waals surface area contributed by atoms with Gasteiger partial charge in [0, 0.05) is 44.0 Å². The van der Waals surface area contributed by atoms with Gasteiger partial charge in [0.25, 0.3) is 0 Å². The number of unbranched alkanes of at least 4 members (excludes halogenated alkanes) is 1. The van der Waals surface area contributed by atoms with Gasteiger partial charge in [0.2, 0.25) is 0 Å². The van der Waals surface area contributed by atoms with E-state index in [1.807, 2.05) is 10.7 Å². The van der Waals surface area contributed by atoms with Gasteiger partial charge < -0.3 is 9.64 Å². The van der Waals surface area contributed by atoms with E-state index in [2.05, 4.69) is 51.3 Å². The van der Waals surface area contributed by atoms with Crippen LogP contribution in [0.1, 0.15) is 43.6 Å². The van der Waals surface area contributed by atoms with Crippen LogP contribution in [0.2, 0.25) is 5.02 Å². The predicted molar refractivity (Wildman–Crippen MR) is 112 cm³/mol. The number of anilines is 1. The number of tetrazole rings is 1. The second-order valence-corrected chi connectivity index (χ2v) is 7.80. The molecule has 0 N–H and O–H groups in total. The lowest BCUT2D eigenvalue weighted by molar-refractivity contribution is 0.152. The molecule has 28 heavy (non-hydrogen) atoms. The topological polar surface area (TPSA) is 59.3 Å². The van der Waals surface area contributed by atoms with Crippen molar-refractivity contribution in [3.63, 3.8) is 0 Å². The molecule has 8 heteroatoms. The first-order chi connectivity index (χ1) is 13.6. The summed E-state index contributed by atoms with van der Waals surface area (Å²) in [5.41, 5.74) is 2.51. The largest absolute Gasteiger partial charge is 0.383 e. The third kappa shape index (κ3) is 5.01. The molecule has 1 aliphatic rings. The molecule has 1 unspecified atom stereocenters. The maximum atomic E-state index is 6.23. The molecule has 1 fully saturated rings. The zero-order chi connectivity index (χ0) is 19.9. The summed E-state index contributed by atoms with van der Waals surface area (Å²) < 4.78 is 7.11. The number of methoxy groups -OCH3 is 1.